The van der Waals surface area contributed by atoms with Crippen LogP contribution in [0.3, 0.4) is 0 Å². The van der Waals surface area contributed by atoms with Crippen LogP contribution in [-0.2, 0) is 33.3 Å². The van der Waals surface area contributed by atoms with Gasteiger partial charge in [0.25, 0.3) is 0 Å². The maximum absolute atomic E-state index is 13.0. The summed E-state index contributed by atoms with van der Waals surface area (Å²) in [5.74, 6) is -1.23. The second-order valence-electron chi connectivity index (χ2n) is 11.7. The van der Waals surface area contributed by atoms with Gasteiger partial charge in [-0.3, -0.25) is 0 Å². The Morgan fingerprint density at radius 1 is 1.03 bits per heavy atom. The van der Waals surface area contributed by atoms with Crippen LogP contribution in [-0.4, -0.2) is 95.4 Å². The zero-order valence-corrected chi connectivity index (χ0v) is 22.7. The molecular weight excluding hydrogens is 508 g/mol. The predicted octanol–water partition coefficient (Wildman–Crippen LogP) is 1.28. The number of aliphatic hydroxyl groups is 3. The van der Waals surface area contributed by atoms with Gasteiger partial charge in [0.15, 0.2) is 0 Å². The Morgan fingerprint density at radius 2 is 1.77 bits per heavy atom. The van der Waals surface area contributed by atoms with Crippen molar-refractivity contribution in [2.24, 2.45) is 10.8 Å². The standard InChI is InChI=1S/C29H38O10/c1-16-9-23-28(12-19(16)31)14-36-26(34)10-17(2)20(32)13-35-21(18(3)30)7-5-6-8-25(33)39-22-11-24(38-23)29(15-37-29)27(22,28)4/h5-10,18-24,30-32H,11-15H2,1-4H3/b7-5+,8-6-,17-10+/t18-,19-,20+,21-,22-,23-,24-,27-,28+,29+/m1/s1. The minimum absolute atomic E-state index is 0.112. The highest BCUT2D eigenvalue weighted by Gasteiger charge is 2.83. The van der Waals surface area contributed by atoms with Gasteiger partial charge in [-0.25, -0.2) is 9.59 Å². The highest BCUT2D eigenvalue weighted by atomic mass is 16.6. The summed E-state index contributed by atoms with van der Waals surface area (Å²) < 4.78 is 30.1. The number of hydrogen-bond acceptors (Lipinski definition) is 10. The highest BCUT2D eigenvalue weighted by Crippen LogP contribution is 2.72. The SMILES string of the molecule is CC1=C[C@H]2O[C@@H]3C[C@H]4OC(=O)/C=C\C=C\[C@H]([C@@H](C)O)OC[C@H](O)/C(C)=C/C(=O)OC[C@]2(C[C@H]1O)[C@]4(C)[C@]31CO1. The molecule has 0 aromatic rings. The summed E-state index contributed by atoms with van der Waals surface area (Å²) in [6.45, 7) is 7.09. The van der Waals surface area contributed by atoms with Crippen molar-refractivity contribution in [2.75, 3.05) is 19.8 Å². The fourth-order valence-electron chi connectivity index (χ4n) is 6.84. The van der Waals surface area contributed by atoms with Gasteiger partial charge in [-0.05, 0) is 38.3 Å². The van der Waals surface area contributed by atoms with Gasteiger partial charge in [-0.1, -0.05) is 31.2 Å². The molecule has 3 N–H and O–H groups in total. The minimum Gasteiger partial charge on any atom is -0.462 e. The first-order valence-electron chi connectivity index (χ1n) is 13.5. The third-order valence-electron chi connectivity index (χ3n) is 9.48. The molecule has 0 aromatic carbocycles. The lowest BCUT2D eigenvalue weighted by atomic mass is 9.51. The maximum atomic E-state index is 13.0. The molecule has 2 aliphatic carbocycles. The van der Waals surface area contributed by atoms with Crippen molar-refractivity contribution in [3.63, 3.8) is 0 Å². The largest absolute Gasteiger partial charge is 0.462 e. The van der Waals surface area contributed by atoms with E-state index in [1.165, 1.54) is 18.2 Å². The van der Waals surface area contributed by atoms with Crippen LogP contribution >= 0.6 is 0 Å². The van der Waals surface area contributed by atoms with Crippen LogP contribution in [0, 0.1) is 10.8 Å². The van der Waals surface area contributed by atoms with E-state index in [0.717, 1.165) is 5.57 Å². The van der Waals surface area contributed by atoms with Gasteiger partial charge in [0.1, 0.15) is 24.4 Å². The fourth-order valence-corrected chi connectivity index (χ4v) is 6.84. The number of hydrogen-bond donors (Lipinski definition) is 3. The van der Waals surface area contributed by atoms with Crippen LogP contribution in [0.5, 0.6) is 0 Å². The Hall–Kier alpha value is -2.34. The molecule has 3 fully saturated rings. The molecule has 2 bridgehead atoms. The van der Waals surface area contributed by atoms with Gasteiger partial charge in [0.05, 0.1) is 49.1 Å². The number of epoxide rings is 1. The topological polar surface area (TPSA) is 144 Å². The number of aliphatic hydroxyl groups excluding tert-OH is 3. The zero-order valence-electron chi connectivity index (χ0n) is 22.7. The molecule has 3 aliphatic heterocycles. The number of carbonyl (C=O) groups is 2. The van der Waals surface area contributed by atoms with Gasteiger partial charge in [0, 0.05) is 24.0 Å². The highest BCUT2D eigenvalue weighted by molar-refractivity contribution is 5.83. The molecule has 5 aliphatic rings. The molecule has 214 valence electrons. The van der Waals surface area contributed by atoms with E-state index in [0.29, 0.717) is 18.6 Å². The maximum Gasteiger partial charge on any atom is 0.331 e. The van der Waals surface area contributed by atoms with Crippen LogP contribution in [0.2, 0.25) is 0 Å². The number of ether oxygens (including phenoxy) is 5. The quantitative estimate of drug-likeness (QED) is 0.250. The fraction of sp³-hybridized carbons (Fsp3) is 0.655. The first-order valence-corrected chi connectivity index (χ1v) is 13.5. The van der Waals surface area contributed by atoms with E-state index in [1.54, 1.807) is 26.0 Å². The summed E-state index contributed by atoms with van der Waals surface area (Å²) in [5, 5.41) is 31.6. The average Bonchev–Trinajstić information content (AvgIpc) is 3.65. The number of carbonyl (C=O) groups excluding carboxylic acids is 2. The third kappa shape index (κ3) is 4.61. The lowest BCUT2D eigenvalue weighted by Gasteiger charge is -2.58. The molecular formula is C29H38O10. The number of allylic oxidation sites excluding steroid dienone is 2. The van der Waals surface area contributed by atoms with E-state index in [4.69, 9.17) is 23.7 Å². The van der Waals surface area contributed by atoms with Crippen molar-refractivity contribution >= 4 is 11.9 Å². The molecule has 3 heterocycles. The Labute approximate surface area is 227 Å². The van der Waals surface area contributed by atoms with Gasteiger partial charge in [-0.15, -0.1) is 0 Å². The van der Waals surface area contributed by atoms with Gasteiger partial charge in [0.2, 0.25) is 0 Å². The summed E-state index contributed by atoms with van der Waals surface area (Å²) in [6.07, 6.45) is 4.68. The second-order valence-corrected chi connectivity index (χ2v) is 11.7. The lowest BCUT2D eigenvalue weighted by molar-refractivity contribution is -0.238. The van der Waals surface area contributed by atoms with Crippen LogP contribution in [0.25, 0.3) is 0 Å². The first-order chi connectivity index (χ1) is 18.4. The van der Waals surface area contributed by atoms with E-state index in [1.807, 2.05) is 19.9 Å². The smallest absolute Gasteiger partial charge is 0.331 e. The summed E-state index contributed by atoms with van der Waals surface area (Å²) >= 11 is 0. The van der Waals surface area contributed by atoms with Crippen molar-refractivity contribution in [3.05, 3.63) is 47.6 Å². The molecule has 10 heteroatoms. The van der Waals surface area contributed by atoms with Crippen molar-refractivity contribution < 1.29 is 48.6 Å². The normalized spacial score (nSPS) is 48.3. The molecule has 0 radical (unpaired) electrons. The van der Waals surface area contributed by atoms with Crippen LogP contribution in [0.1, 0.15) is 40.5 Å². The monoisotopic (exact) mass is 546 g/mol. The molecule has 0 unspecified atom stereocenters. The lowest BCUT2D eigenvalue weighted by Crippen LogP contribution is -2.68. The van der Waals surface area contributed by atoms with E-state index < -0.39 is 65.0 Å². The van der Waals surface area contributed by atoms with Crippen molar-refractivity contribution in [1.82, 2.24) is 0 Å². The van der Waals surface area contributed by atoms with E-state index in [2.05, 4.69) is 0 Å². The molecule has 0 amide bonds. The van der Waals surface area contributed by atoms with Crippen LogP contribution in [0.15, 0.2) is 47.6 Å². The second kappa shape index (κ2) is 10.2. The molecule has 1 saturated carbocycles. The van der Waals surface area contributed by atoms with Crippen molar-refractivity contribution in [1.29, 1.82) is 0 Å². The Kier molecular flexibility index (Phi) is 7.41. The van der Waals surface area contributed by atoms with Gasteiger partial charge >= 0.3 is 11.9 Å². The number of cyclic esters (lactones) is 1. The summed E-state index contributed by atoms with van der Waals surface area (Å²) in [4.78, 5) is 25.9. The Morgan fingerprint density at radius 3 is 2.46 bits per heavy atom. The molecule has 0 aromatic heterocycles. The van der Waals surface area contributed by atoms with Crippen molar-refractivity contribution in [2.45, 2.75) is 88.9 Å². The Bertz CT molecular complexity index is 1120. The van der Waals surface area contributed by atoms with Gasteiger partial charge < -0.3 is 39.0 Å². The molecule has 39 heavy (non-hydrogen) atoms. The third-order valence-corrected chi connectivity index (χ3v) is 9.48. The number of rotatable bonds is 1. The molecule has 10 nitrogen and oxygen atoms in total. The molecule has 2 saturated heterocycles. The zero-order chi connectivity index (χ0) is 28.2. The number of esters is 2. The van der Waals surface area contributed by atoms with Crippen molar-refractivity contribution in [3.8, 4) is 0 Å². The molecule has 2 spiro atoms. The van der Waals surface area contributed by atoms with Crippen LogP contribution < -0.4 is 0 Å². The Balaban J connectivity index is 1.54. The van der Waals surface area contributed by atoms with Crippen LogP contribution in [0.4, 0.5) is 0 Å². The molecule has 5 rings (SSSR count). The first kappa shape index (κ1) is 28.2. The summed E-state index contributed by atoms with van der Waals surface area (Å²) in [5.41, 5.74) is -1.40. The minimum atomic E-state index is -1.11. The van der Waals surface area contributed by atoms with E-state index >= 15 is 0 Å². The van der Waals surface area contributed by atoms with E-state index in [-0.39, 0.29) is 25.7 Å². The summed E-state index contributed by atoms with van der Waals surface area (Å²) in [6, 6.07) is 0. The predicted molar refractivity (Wildman–Crippen MR) is 137 cm³/mol. The molecule has 10 atom stereocenters. The summed E-state index contributed by atoms with van der Waals surface area (Å²) in [7, 11) is 0. The van der Waals surface area contributed by atoms with E-state index in [9.17, 15) is 24.9 Å². The average molecular weight is 547 g/mol. The van der Waals surface area contributed by atoms with Gasteiger partial charge in [-0.2, -0.15) is 0 Å².